The van der Waals surface area contributed by atoms with Gasteiger partial charge in [0.15, 0.2) is 0 Å². The van der Waals surface area contributed by atoms with E-state index in [0.717, 1.165) is 19.5 Å². The number of hydrogen-bond acceptors (Lipinski definition) is 3. The molecule has 1 aliphatic heterocycles. The van der Waals surface area contributed by atoms with Crippen molar-refractivity contribution in [2.75, 3.05) is 26.2 Å². The summed E-state index contributed by atoms with van der Waals surface area (Å²) in [7, 11) is 0. The summed E-state index contributed by atoms with van der Waals surface area (Å²) in [6.07, 6.45) is 2.31. The van der Waals surface area contributed by atoms with Crippen molar-refractivity contribution in [2.24, 2.45) is 0 Å². The quantitative estimate of drug-likeness (QED) is 0.840. The van der Waals surface area contributed by atoms with Crippen molar-refractivity contribution >= 4 is 11.6 Å². The summed E-state index contributed by atoms with van der Waals surface area (Å²) in [4.78, 5) is 2.05. The molecule has 1 aliphatic rings. The highest BCUT2D eigenvalue weighted by Crippen LogP contribution is 2.21. The highest BCUT2D eigenvalue weighted by Gasteiger charge is 2.19. The van der Waals surface area contributed by atoms with Crippen molar-refractivity contribution in [3.63, 3.8) is 0 Å². The molecular weight excluding hydrogens is 267 g/mol. The van der Waals surface area contributed by atoms with Crippen LogP contribution in [0.1, 0.15) is 18.4 Å². The summed E-state index contributed by atoms with van der Waals surface area (Å²) < 4.78 is 13.8. The van der Waals surface area contributed by atoms with E-state index in [2.05, 4.69) is 5.32 Å². The van der Waals surface area contributed by atoms with Crippen molar-refractivity contribution in [1.82, 2.24) is 10.2 Å². The number of rotatable bonds is 6. The fourth-order valence-corrected chi connectivity index (χ4v) is 2.73. The van der Waals surface area contributed by atoms with Crippen LogP contribution < -0.4 is 5.32 Å². The molecule has 0 aromatic heterocycles. The van der Waals surface area contributed by atoms with Crippen LogP contribution >= 0.6 is 11.6 Å². The van der Waals surface area contributed by atoms with E-state index in [4.69, 9.17) is 16.7 Å². The van der Waals surface area contributed by atoms with Crippen molar-refractivity contribution in [2.45, 2.75) is 25.4 Å². The maximum Gasteiger partial charge on any atom is 0.129 e. The molecule has 106 valence electrons. The van der Waals surface area contributed by atoms with Gasteiger partial charge in [0.2, 0.25) is 0 Å². The Morgan fingerprint density at radius 2 is 2.32 bits per heavy atom. The third-order valence-electron chi connectivity index (χ3n) is 3.50. The van der Waals surface area contributed by atoms with Gasteiger partial charge in [-0.25, -0.2) is 4.39 Å². The average molecular weight is 287 g/mol. The Balaban J connectivity index is 2.02. The molecule has 0 aliphatic carbocycles. The predicted octanol–water partition coefficient (Wildman–Crippen LogP) is 2.03. The molecule has 5 heteroatoms. The standard InChI is InChI=1S/C14H20ClFN2O/c15-13-4-1-5-14(16)12(13)10-18(7-8-19)9-11-3-2-6-17-11/h1,4-5,11,17,19H,2-3,6-10H2. The van der Waals surface area contributed by atoms with Crippen LogP contribution in [0, 0.1) is 5.82 Å². The number of nitrogens with zero attached hydrogens (tertiary/aromatic N) is 1. The van der Waals surface area contributed by atoms with Crippen molar-refractivity contribution < 1.29 is 9.50 Å². The molecule has 1 fully saturated rings. The smallest absolute Gasteiger partial charge is 0.129 e. The molecule has 0 spiro atoms. The van der Waals surface area contributed by atoms with Crippen LogP contribution in [0.5, 0.6) is 0 Å². The summed E-state index contributed by atoms with van der Waals surface area (Å²) in [6, 6.07) is 5.16. The number of aliphatic hydroxyl groups excluding tert-OH is 1. The maximum absolute atomic E-state index is 13.8. The maximum atomic E-state index is 13.8. The third-order valence-corrected chi connectivity index (χ3v) is 3.85. The van der Waals surface area contributed by atoms with Crippen molar-refractivity contribution in [1.29, 1.82) is 0 Å². The first-order valence-corrected chi connectivity index (χ1v) is 7.08. The normalized spacial score (nSPS) is 19.3. The van der Waals surface area contributed by atoms with Gasteiger partial charge < -0.3 is 10.4 Å². The Morgan fingerprint density at radius 1 is 1.47 bits per heavy atom. The van der Waals surface area contributed by atoms with Gasteiger partial charge in [-0.05, 0) is 31.5 Å². The Kier molecular flexibility index (Phi) is 5.58. The summed E-state index contributed by atoms with van der Waals surface area (Å²) in [6.45, 7) is 2.88. The minimum atomic E-state index is -0.283. The van der Waals surface area contributed by atoms with Crippen LogP contribution in [0.25, 0.3) is 0 Å². The molecule has 1 heterocycles. The van der Waals surface area contributed by atoms with Crippen LogP contribution in [0.15, 0.2) is 18.2 Å². The lowest BCUT2D eigenvalue weighted by Gasteiger charge is -2.25. The molecule has 0 bridgehead atoms. The third kappa shape index (κ3) is 4.14. The molecule has 0 radical (unpaired) electrons. The van der Waals surface area contributed by atoms with Crippen molar-refractivity contribution in [3.05, 3.63) is 34.6 Å². The Labute approximate surface area is 118 Å². The molecule has 1 aromatic rings. The Bertz CT molecular complexity index is 390. The first-order chi connectivity index (χ1) is 9.20. The monoisotopic (exact) mass is 286 g/mol. The number of nitrogens with one attached hydrogen (secondary N) is 1. The van der Waals surface area contributed by atoms with Crippen LogP contribution in [-0.4, -0.2) is 42.3 Å². The Hall–Kier alpha value is -0.680. The van der Waals surface area contributed by atoms with E-state index in [-0.39, 0.29) is 12.4 Å². The Morgan fingerprint density at radius 3 is 2.95 bits per heavy atom. The fourth-order valence-electron chi connectivity index (χ4n) is 2.51. The largest absolute Gasteiger partial charge is 0.395 e. The van der Waals surface area contributed by atoms with Crippen LogP contribution in [-0.2, 0) is 6.54 Å². The van der Waals surface area contributed by atoms with E-state index in [1.54, 1.807) is 12.1 Å². The van der Waals surface area contributed by atoms with E-state index in [0.29, 0.717) is 29.7 Å². The van der Waals surface area contributed by atoms with Gasteiger partial charge in [-0.2, -0.15) is 0 Å². The zero-order valence-corrected chi connectivity index (χ0v) is 11.7. The van der Waals surface area contributed by atoms with Gasteiger partial charge in [-0.1, -0.05) is 17.7 Å². The molecular formula is C14H20ClFN2O. The first-order valence-electron chi connectivity index (χ1n) is 6.70. The molecule has 0 amide bonds. The molecule has 1 unspecified atom stereocenters. The lowest BCUT2D eigenvalue weighted by atomic mass is 10.1. The number of halogens is 2. The van der Waals surface area contributed by atoms with Gasteiger partial charge in [-0.3, -0.25) is 4.90 Å². The lowest BCUT2D eigenvalue weighted by molar-refractivity contribution is 0.177. The van der Waals surface area contributed by atoms with E-state index in [1.165, 1.54) is 12.5 Å². The zero-order valence-electron chi connectivity index (χ0n) is 10.9. The van der Waals surface area contributed by atoms with E-state index >= 15 is 0 Å². The van der Waals surface area contributed by atoms with Gasteiger partial charge in [0.05, 0.1) is 6.61 Å². The molecule has 0 saturated carbocycles. The summed E-state index contributed by atoms with van der Waals surface area (Å²) >= 11 is 6.05. The van der Waals surface area contributed by atoms with E-state index in [9.17, 15) is 4.39 Å². The predicted molar refractivity (Wildman–Crippen MR) is 74.8 cm³/mol. The summed E-state index contributed by atoms with van der Waals surface area (Å²) in [5.74, 6) is -0.283. The highest BCUT2D eigenvalue weighted by molar-refractivity contribution is 6.31. The van der Waals surface area contributed by atoms with E-state index < -0.39 is 0 Å². The molecule has 1 saturated heterocycles. The average Bonchev–Trinajstić information content (AvgIpc) is 2.87. The number of aliphatic hydroxyl groups is 1. The second kappa shape index (κ2) is 7.20. The summed E-state index contributed by atoms with van der Waals surface area (Å²) in [5.41, 5.74) is 0.510. The van der Waals surface area contributed by atoms with Gasteiger partial charge in [-0.15, -0.1) is 0 Å². The highest BCUT2D eigenvalue weighted by atomic mass is 35.5. The van der Waals surface area contributed by atoms with Gasteiger partial charge in [0.1, 0.15) is 5.82 Å². The second-order valence-electron chi connectivity index (χ2n) is 4.95. The zero-order chi connectivity index (χ0) is 13.7. The van der Waals surface area contributed by atoms with Crippen LogP contribution in [0.4, 0.5) is 4.39 Å². The fraction of sp³-hybridized carbons (Fsp3) is 0.571. The number of hydrogen-bond donors (Lipinski definition) is 2. The number of benzene rings is 1. The summed E-state index contributed by atoms with van der Waals surface area (Å²) in [5, 5.41) is 13.0. The van der Waals surface area contributed by atoms with Gasteiger partial charge in [0, 0.05) is 36.3 Å². The molecule has 3 nitrogen and oxygen atoms in total. The lowest BCUT2D eigenvalue weighted by Crippen LogP contribution is -2.38. The molecule has 1 aromatic carbocycles. The van der Waals surface area contributed by atoms with Crippen molar-refractivity contribution in [3.8, 4) is 0 Å². The van der Waals surface area contributed by atoms with Crippen LogP contribution in [0.2, 0.25) is 5.02 Å². The van der Waals surface area contributed by atoms with Gasteiger partial charge in [0.25, 0.3) is 0 Å². The SMILES string of the molecule is OCCN(Cc1c(F)cccc1Cl)CC1CCCN1. The minimum Gasteiger partial charge on any atom is -0.395 e. The topological polar surface area (TPSA) is 35.5 Å². The van der Waals surface area contributed by atoms with E-state index in [1.807, 2.05) is 4.90 Å². The second-order valence-corrected chi connectivity index (χ2v) is 5.36. The minimum absolute atomic E-state index is 0.0682. The molecule has 2 N–H and O–H groups in total. The van der Waals surface area contributed by atoms with Gasteiger partial charge >= 0.3 is 0 Å². The molecule has 19 heavy (non-hydrogen) atoms. The molecule has 1 atom stereocenters. The first kappa shape index (κ1) is 14.7. The molecule has 2 rings (SSSR count). The van der Waals surface area contributed by atoms with Crippen LogP contribution in [0.3, 0.4) is 0 Å².